The van der Waals surface area contributed by atoms with Crippen molar-refractivity contribution in [3.8, 4) is 34.5 Å². The van der Waals surface area contributed by atoms with Gasteiger partial charge in [-0.3, -0.25) is 0 Å². The highest BCUT2D eigenvalue weighted by molar-refractivity contribution is 5.92. The van der Waals surface area contributed by atoms with Crippen LogP contribution in [0.25, 0.3) is 33.8 Å². The van der Waals surface area contributed by atoms with Crippen molar-refractivity contribution in [2.24, 2.45) is 0 Å². The highest BCUT2D eigenvalue weighted by atomic mass is 16.5. The quantitative estimate of drug-likeness (QED) is 0.495. The molecule has 0 amide bonds. The van der Waals surface area contributed by atoms with Crippen LogP contribution in [0.4, 0.5) is 0 Å². The number of ether oxygens (including phenoxy) is 2. The summed E-state index contributed by atoms with van der Waals surface area (Å²) < 4.78 is 18.1. The predicted molar refractivity (Wildman–Crippen MR) is 108 cm³/mol. The molecule has 28 heavy (non-hydrogen) atoms. The zero-order valence-electron chi connectivity index (χ0n) is 15.9. The lowest BCUT2D eigenvalue weighted by molar-refractivity contribution is 0.309. The largest absolute Gasteiger partial charge is 0.488 e. The molecule has 1 aliphatic rings. The van der Waals surface area contributed by atoms with Crippen LogP contribution >= 0.6 is 0 Å². The molecule has 0 N–H and O–H groups in total. The van der Waals surface area contributed by atoms with Crippen molar-refractivity contribution >= 4 is 11.0 Å². The average Bonchev–Trinajstić information content (AvgIpc) is 2.98. The van der Waals surface area contributed by atoms with Crippen molar-refractivity contribution in [2.75, 3.05) is 13.2 Å². The molecule has 0 unspecified atom stereocenters. The van der Waals surface area contributed by atoms with Gasteiger partial charge in [-0.15, -0.1) is 0 Å². The van der Waals surface area contributed by atoms with Crippen molar-refractivity contribution in [2.45, 2.75) is 20.3 Å². The third kappa shape index (κ3) is 2.71. The van der Waals surface area contributed by atoms with E-state index in [-0.39, 0.29) is 0 Å². The van der Waals surface area contributed by atoms with Crippen LogP contribution in [0, 0.1) is 6.92 Å². The molecule has 0 fully saturated rings. The first kappa shape index (κ1) is 16.8. The minimum Gasteiger partial charge on any atom is -0.488 e. The fraction of sp³-hybridized carbons (Fsp3) is 0.217. The van der Waals surface area contributed by atoms with Crippen LogP contribution in [0.3, 0.4) is 0 Å². The molecule has 5 rings (SSSR count). The lowest BCUT2D eigenvalue weighted by Gasteiger charge is -2.12. The Bertz CT molecular complexity index is 1160. The average molecular weight is 372 g/mol. The maximum atomic E-state index is 6.17. The van der Waals surface area contributed by atoms with Crippen LogP contribution in [0.5, 0.6) is 11.6 Å². The topological polar surface area (TPSA) is 57.4 Å². The second-order valence-electron chi connectivity index (χ2n) is 6.83. The van der Waals surface area contributed by atoms with E-state index in [4.69, 9.17) is 23.9 Å². The van der Waals surface area contributed by atoms with Crippen LogP contribution in [0.1, 0.15) is 18.1 Å². The minimum atomic E-state index is 0.525. The van der Waals surface area contributed by atoms with Gasteiger partial charge in [-0.2, -0.15) is 4.98 Å². The molecule has 0 spiro atoms. The molecule has 0 aliphatic carbocycles. The summed E-state index contributed by atoms with van der Waals surface area (Å²) in [5, 5.41) is 0.957. The van der Waals surface area contributed by atoms with E-state index in [0.29, 0.717) is 37.1 Å². The Morgan fingerprint density at radius 1 is 1.04 bits per heavy atom. The van der Waals surface area contributed by atoms with E-state index in [2.05, 4.69) is 19.1 Å². The summed E-state index contributed by atoms with van der Waals surface area (Å²) in [6, 6.07) is 16.1. The molecule has 4 aromatic rings. The summed E-state index contributed by atoms with van der Waals surface area (Å²) in [6.07, 6.45) is 0.664. The van der Waals surface area contributed by atoms with Gasteiger partial charge in [0.2, 0.25) is 5.88 Å². The van der Waals surface area contributed by atoms with Gasteiger partial charge in [0.1, 0.15) is 11.3 Å². The molecule has 0 atom stereocenters. The van der Waals surface area contributed by atoms with Crippen molar-refractivity contribution in [1.82, 2.24) is 9.97 Å². The Labute approximate surface area is 163 Å². The van der Waals surface area contributed by atoms with Crippen LogP contribution in [-0.2, 0) is 6.42 Å². The van der Waals surface area contributed by atoms with E-state index in [1.165, 1.54) is 5.56 Å². The van der Waals surface area contributed by atoms with Crippen LogP contribution in [-0.4, -0.2) is 23.2 Å². The lowest BCUT2D eigenvalue weighted by Crippen LogP contribution is -2.07. The molecule has 0 saturated heterocycles. The second-order valence-corrected chi connectivity index (χ2v) is 6.83. The highest BCUT2D eigenvalue weighted by Crippen LogP contribution is 2.44. The number of furan rings is 1. The number of aromatic nitrogens is 2. The number of fused-ring (bicyclic) bond motifs is 5. The molecule has 0 radical (unpaired) electrons. The van der Waals surface area contributed by atoms with E-state index in [9.17, 15) is 0 Å². The Hall–Kier alpha value is -3.34. The number of para-hydroxylation sites is 1. The zero-order chi connectivity index (χ0) is 19.1. The number of hydrogen-bond acceptors (Lipinski definition) is 5. The van der Waals surface area contributed by atoms with Crippen molar-refractivity contribution in [1.29, 1.82) is 0 Å². The summed E-state index contributed by atoms with van der Waals surface area (Å²) in [5.74, 6) is 2.60. The third-order valence-electron chi connectivity index (χ3n) is 4.92. The molecular formula is C23H20N2O3. The molecule has 0 saturated carbocycles. The van der Waals surface area contributed by atoms with Gasteiger partial charge in [0, 0.05) is 17.5 Å². The Morgan fingerprint density at radius 2 is 1.86 bits per heavy atom. The summed E-state index contributed by atoms with van der Waals surface area (Å²) >= 11 is 0. The van der Waals surface area contributed by atoms with Gasteiger partial charge in [-0.1, -0.05) is 42.0 Å². The molecule has 5 heteroatoms. The van der Waals surface area contributed by atoms with Gasteiger partial charge in [-0.25, -0.2) is 4.98 Å². The van der Waals surface area contributed by atoms with Crippen LogP contribution in [0.15, 0.2) is 52.9 Å². The van der Waals surface area contributed by atoms with Crippen LogP contribution in [0.2, 0.25) is 0 Å². The van der Waals surface area contributed by atoms with Crippen molar-refractivity contribution < 1.29 is 13.9 Å². The summed E-state index contributed by atoms with van der Waals surface area (Å²) in [5.41, 5.74) is 4.59. The fourth-order valence-corrected chi connectivity index (χ4v) is 3.54. The first-order valence-corrected chi connectivity index (χ1v) is 9.50. The first-order chi connectivity index (χ1) is 13.7. The molecule has 2 aromatic carbocycles. The molecular weight excluding hydrogens is 352 g/mol. The number of rotatable bonds is 3. The monoisotopic (exact) mass is 372 g/mol. The molecule has 3 heterocycles. The molecule has 2 aromatic heterocycles. The Morgan fingerprint density at radius 3 is 2.68 bits per heavy atom. The number of hydrogen-bond donors (Lipinski definition) is 0. The number of benzene rings is 2. The summed E-state index contributed by atoms with van der Waals surface area (Å²) in [4.78, 5) is 9.60. The van der Waals surface area contributed by atoms with Gasteiger partial charge in [-0.05, 0) is 26.0 Å². The van der Waals surface area contributed by atoms with Gasteiger partial charge < -0.3 is 13.9 Å². The van der Waals surface area contributed by atoms with E-state index in [1.807, 2.05) is 43.3 Å². The molecule has 0 bridgehead atoms. The molecule has 1 aliphatic heterocycles. The summed E-state index contributed by atoms with van der Waals surface area (Å²) in [7, 11) is 0. The van der Waals surface area contributed by atoms with E-state index >= 15 is 0 Å². The SMILES string of the molecule is CCOc1nc(-c2ccc(C)cc2)nc2c1CCOc1c-2oc2ccccc12. The number of nitrogens with zero attached hydrogens (tertiary/aromatic N) is 2. The second kappa shape index (κ2) is 6.68. The highest BCUT2D eigenvalue weighted by Gasteiger charge is 2.28. The summed E-state index contributed by atoms with van der Waals surface area (Å²) in [6.45, 7) is 5.08. The van der Waals surface area contributed by atoms with Crippen molar-refractivity contribution in [3.63, 3.8) is 0 Å². The Kier molecular flexibility index (Phi) is 4.01. The minimum absolute atomic E-state index is 0.525. The van der Waals surface area contributed by atoms with Gasteiger partial charge in [0.15, 0.2) is 17.3 Å². The van der Waals surface area contributed by atoms with Gasteiger partial charge >= 0.3 is 0 Å². The standard InChI is InChI=1S/C23H20N2O3/c1-3-26-23-17-12-13-27-20-16-6-4-5-7-18(16)28-21(20)19(17)24-22(25-23)15-10-8-14(2)9-11-15/h4-11H,3,12-13H2,1-2H3. The van der Waals surface area contributed by atoms with Crippen LogP contribution < -0.4 is 9.47 Å². The molecule has 140 valence electrons. The normalized spacial score (nSPS) is 12.8. The predicted octanol–water partition coefficient (Wildman–Crippen LogP) is 5.20. The van der Waals surface area contributed by atoms with Crippen molar-refractivity contribution in [3.05, 3.63) is 59.7 Å². The third-order valence-corrected chi connectivity index (χ3v) is 4.92. The smallest absolute Gasteiger partial charge is 0.221 e. The van der Waals surface area contributed by atoms with E-state index in [0.717, 1.165) is 33.5 Å². The maximum Gasteiger partial charge on any atom is 0.221 e. The first-order valence-electron chi connectivity index (χ1n) is 9.50. The van der Waals surface area contributed by atoms with E-state index < -0.39 is 0 Å². The zero-order valence-corrected chi connectivity index (χ0v) is 15.9. The van der Waals surface area contributed by atoms with Gasteiger partial charge in [0.25, 0.3) is 0 Å². The lowest BCUT2D eigenvalue weighted by atomic mass is 10.1. The maximum absolute atomic E-state index is 6.17. The molecule has 5 nitrogen and oxygen atoms in total. The van der Waals surface area contributed by atoms with E-state index in [1.54, 1.807) is 0 Å². The number of aryl methyl sites for hydroxylation is 1. The Balaban J connectivity index is 1.77. The fourth-order valence-electron chi connectivity index (χ4n) is 3.54. The van der Waals surface area contributed by atoms with Gasteiger partial charge in [0.05, 0.1) is 18.6 Å².